The van der Waals surface area contributed by atoms with Crippen LogP contribution in [0.2, 0.25) is 0 Å². The normalized spacial score (nSPS) is 10.9. The second-order valence-electron chi connectivity index (χ2n) is 6.43. The van der Waals surface area contributed by atoms with E-state index in [2.05, 4.69) is 5.32 Å². The monoisotopic (exact) mass is 411 g/mol. The number of furan rings is 1. The quantitative estimate of drug-likeness (QED) is 0.483. The van der Waals surface area contributed by atoms with E-state index in [0.717, 1.165) is 22.9 Å². The number of anilines is 1. The van der Waals surface area contributed by atoms with Gasteiger partial charge in [-0.2, -0.15) is 0 Å². The Hall–Kier alpha value is -3.94. The van der Waals surface area contributed by atoms with Gasteiger partial charge >= 0.3 is 5.97 Å². The van der Waals surface area contributed by atoms with Crippen molar-refractivity contribution in [3.8, 4) is 5.75 Å². The van der Waals surface area contributed by atoms with E-state index >= 15 is 0 Å². The SMILES string of the molecule is COc1cc2c(cc1NC(=O)COC(=O)c1cc(F)cc(F)c1)oc1ccccc12. The molecule has 30 heavy (non-hydrogen) atoms. The first-order valence-electron chi connectivity index (χ1n) is 8.87. The Morgan fingerprint density at radius 3 is 2.43 bits per heavy atom. The molecule has 0 aliphatic carbocycles. The zero-order valence-electron chi connectivity index (χ0n) is 15.7. The fraction of sp³-hybridized carbons (Fsp3) is 0.0909. The molecule has 4 aromatic rings. The zero-order valence-corrected chi connectivity index (χ0v) is 15.7. The average molecular weight is 411 g/mol. The van der Waals surface area contributed by atoms with Crippen molar-refractivity contribution < 1.29 is 32.3 Å². The van der Waals surface area contributed by atoms with Gasteiger partial charge in [-0.25, -0.2) is 13.6 Å². The van der Waals surface area contributed by atoms with Crippen molar-refractivity contribution in [2.75, 3.05) is 19.0 Å². The van der Waals surface area contributed by atoms with Crippen molar-refractivity contribution >= 4 is 39.5 Å². The lowest BCUT2D eigenvalue weighted by molar-refractivity contribution is -0.119. The summed E-state index contributed by atoms with van der Waals surface area (Å²) in [6, 6.07) is 13.1. The molecule has 0 fully saturated rings. The number of hydrogen-bond donors (Lipinski definition) is 1. The fourth-order valence-corrected chi connectivity index (χ4v) is 3.09. The van der Waals surface area contributed by atoms with Crippen LogP contribution in [0.3, 0.4) is 0 Å². The first-order valence-corrected chi connectivity index (χ1v) is 8.87. The summed E-state index contributed by atoms with van der Waals surface area (Å²) in [5.41, 5.74) is 1.22. The summed E-state index contributed by atoms with van der Waals surface area (Å²) in [4.78, 5) is 24.2. The smallest absolute Gasteiger partial charge is 0.338 e. The minimum absolute atomic E-state index is 0.321. The van der Waals surface area contributed by atoms with Crippen molar-refractivity contribution in [3.05, 3.63) is 71.8 Å². The van der Waals surface area contributed by atoms with E-state index in [-0.39, 0.29) is 5.56 Å². The van der Waals surface area contributed by atoms with Gasteiger partial charge in [-0.1, -0.05) is 18.2 Å². The number of carbonyl (C=O) groups is 2. The molecular formula is C22H15F2NO5. The predicted octanol–water partition coefficient (Wildman–Crippen LogP) is 4.67. The maximum atomic E-state index is 13.2. The van der Waals surface area contributed by atoms with Crippen molar-refractivity contribution in [1.82, 2.24) is 0 Å². The van der Waals surface area contributed by atoms with Crippen LogP contribution in [0.5, 0.6) is 5.75 Å². The summed E-state index contributed by atoms with van der Waals surface area (Å²) >= 11 is 0. The van der Waals surface area contributed by atoms with Crippen molar-refractivity contribution in [3.63, 3.8) is 0 Å². The lowest BCUT2D eigenvalue weighted by Crippen LogP contribution is -2.21. The molecule has 0 atom stereocenters. The molecule has 1 heterocycles. The number of rotatable bonds is 5. The fourth-order valence-electron chi connectivity index (χ4n) is 3.09. The second kappa shape index (κ2) is 7.82. The third-order valence-corrected chi connectivity index (χ3v) is 4.41. The standard InChI is InChI=1S/C22H15F2NO5/c1-28-20-9-16-15-4-2-3-5-18(15)30-19(16)10-17(20)25-21(26)11-29-22(27)12-6-13(23)8-14(24)7-12/h2-10H,11H2,1H3,(H,25,26). The Labute approximate surface area is 169 Å². The van der Waals surface area contributed by atoms with Gasteiger partial charge in [0.15, 0.2) is 6.61 Å². The Morgan fingerprint density at radius 1 is 0.967 bits per heavy atom. The molecule has 0 saturated carbocycles. The van der Waals surface area contributed by atoms with Crippen LogP contribution in [0.1, 0.15) is 10.4 Å². The molecule has 0 aliphatic rings. The largest absolute Gasteiger partial charge is 0.495 e. The van der Waals surface area contributed by atoms with Crippen LogP contribution in [0, 0.1) is 11.6 Å². The van der Waals surface area contributed by atoms with Crippen LogP contribution >= 0.6 is 0 Å². The number of nitrogens with one attached hydrogen (secondary N) is 1. The number of esters is 1. The summed E-state index contributed by atoms with van der Waals surface area (Å²) in [5, 5.41) is 4.30. The highest BCUT2D eigenvalue weighted by Crippen LogP contribution is 2.36. The molecular weight excluding hydrogens is 396 g/mol. The number of amides is 1. The molecule has 0 unspecified atom stereocenters. The molecule has 152 valence electrons. The highest BCUT2D eigenvalue weighted by molar-refractivity contribution is 6.08. The molecule has 0 bridgehead atoms. The lowest BCUT2D eigenvalue weighted by atomic mass is 10.1. The summed E-state index contributed by atoms with van der Waals surface area (Å²) in [6.07, 6.45) is 0. The molecule has 0 spiro atoms. The maximum absolute atomic E-state index is 13.2. The number of benzene rings is 3. The molecule has 1 N–H and O–H groups in total. The maximum Gasteiger partial charge on any atom is 0.338 e. The number of ether oxygens (including phenoxy) is 2. The van der Waals surface area contributed by atoms with Crippen LogP contribution < -0.4 is 10.1 Å². The van der Waals surface area contributed by atoms with E-state index in [1.54, 1.807) is 12.1 Å². The predicted molar refractivity (Wildman–Crippen MR) is 106 cm³/mol. The van der Waals surface area contributed by atoms with Gasteiger partial charge in [-0.3, -0.25) is 4.79 Å². The number of fused-ring (bicyclic) bond motifs is 3. The van der Waals surface area contributed by atoms with Gasteiger partial charge in [0.25, 0.3) is 5.91 Å². The topological polar surface area (TPSA) is 77.8 Å². The minimum Gasteiger partial charge on any atom is -0.495 e. The molecule has 4 rings (SSSR count). The average Bonchev–Trinajstić information content (AvgIpc) is 3.08. The second-order valence-corrected chi connectivity index (χ2v) is 6.43. The summed E-state index contributed by atoms with van der Waals surface area (Å²) < 4.78 is 42.4. The van der Waals surface area contributed by atoms with Gasteiger partial charge in [0.2, 0.25) is 0 Å². The number of carbonyl (C=O) groups excluding carboxylic acids is 2. The van der Waals surface area contributed by atoms with Crippen molar-refractivity contribution in [2.45, 2.75) is 0 Å². The molecule has 6 nitrogen and oxygen atoms in total. The van der Waals surface area contributed by atoms with E-state index in [1.807, 2.05) is 24.3 Å². The van der Waals surface area contributed by atoms with Gasteiger partial charge in [0, 0.05) is 22.9 Å². The first-order chi connectivity index (χ1) is 14.4. The summed E-state index contributed by atoms with van der Waals surface area (Å²) in [6.45, 7) is -0.654. The number of para-hydroxylation sites is 1. The molecule has 0 aliphatic heterocycles. The zero-order chi connectivity index (χ0) is 21.3. The third-order valence-electron chi connectivity index (χ3n) is 4.41. The van der Waals surface area contributed by atoms with Crippen LogP contribution in [-0.4, -0.2) is 25.6 Å². The van der Waals surface area contributed by atoms with E-state index in [0.29, 0.717) is 28.7 Å². The van der Waals surface area contributed by atoms with Crippen LogP contribution in [0.4, 0.5) is 14.5 Å². The summed E-state index contributed by atoms with van der Waals surface area (Å²) in [5.74, 6) is -3.14. The van der Waals surface area contributed by atoms with Gasteiger partial charge in [-0.05, 0) is 24.3 Å². The lowest BCUT2D eigenvalue weighted by Gasteiger charge is -2.11. The van der Waals surface area contributed by atoms with E-state index < -0.39 is 30.1 Å². The molecule has 1 aromatic heterocycles. The van der Waals surface area contributed by atoms with E-state index in [1.165, 1.54) is 7.11 Å². The van der Waals surface area contributed by atoms with Crippen LogP contribution in [-0.2, 0) is 9.53 Å². The van der Waals surface area contributed by atoms with Crippen LogP contribution in [0.15, 0.2) is 59.0 Å². The van der Waals surface area contributed by atoms with Gasteiger partial charge in [-0.15, -0.1) is 0 Å². The van der Waals surface area contributed by atoms with Gasteiger partial charge in [0.1, 0.15) is 28.5 Å². The Balaban J connectivity index is 1.51. The van der Waals surface area contributed by atoms with Gasteiger partial charge < -0.3 is 19.2 Å². The van der Waals surface area contributed by atoms with E-state index in [9.17, 15) is 18.4 Å². The Bertz CT molecular complexity index is 1260. The molecule has 8 heteroatoms. The molecule has 0 radical (unpaired) electrons. The number of hydrogen-bond acceptors (Lipinski definition) is 5. The first kappa shape index (κ1) is 19.4. The molecule has 0 saturated heterocycles. The van der Waals surface area contributed by atoms with Crippen LogP contribution in [0.25, 0.3) is 21.9 Å². The van der Waals surface area contributed by atoms with Crippen molar-refractivity contribution in [2.24, 2.45) is 0 Å². The van der Waals surface area contributed by atoms with Crippen molar-refractivity contribution in [1.29, 1.82) is 0 Å². The third kappa shape index (κ3) is 3.80. The minimum atomic E-state index is -1.02. The molecule has 3 aromatic carbocycles. The van der Waals surface area contributed by atoms with E-state index in [4.69, 9.17) is 13.9 Å². The Kier molecular flexibility index (Phi) is 5.05. The number of methoxy groups -OCH3 is 1. The highest BCUT2D eigenvalue weighted by atomic mass is 19.1. The molecule has 1 amide bonds. The van der Waals surface area contributed by atoms with Gasteiger partial charge in [0.05, 0.1) is 18.4 Å². The number of halogens is 2. The summed E-state index contributed by atoms with van der Waals surface area (Å²) in [7, 11) is 1.46. The Morgan fingerprint density at radius 2 is 1.70 bits per heavy atom. The highest BCUT2D eigenvalue weighted by Gasteiger charge is 2.16.